The molecule has 1 amide bonds. The third kappa shape index (κ3) is 4.38. The highest BCUT2D eigenvalue weighted by Gasteiger charge is 2.33. The molecule has 1 atom stereocenters. The second kappa shape index (κ2) is 8.69. The number of anilines is 2. The molecule has 1 fully saturated rings. The van der Waals surface area contributed by atoms with Crippen molar-refractivity contribution >= 4 is 17.7 Å². The van der Waals surface area contributed by atoms with Gasteiger partial charge in [-0.15, -0.1) is 0 Å². The van der Waals surface area contributed by atoms with Crippen LogP contribution in [0.2, 0.25) is 0 Å². The molecule has 4 aromatic heterocycles. The number of carbonyl (C=O) groups is 1. The van der Waals surface area contributed by atoms with Crippen molar-refractivity contribution in [2.45, 2.75) is 18.9 Å². The molecule has 3 N–H and O–H groups in total. The molecule has 0 radical (unpaired) electrons. The minimum atomic E-state index is -0.284. The number of nitrogens with zero attached hydrogens (tertiary/aromatic N) is 7. The van der Waals surface area contributed by atoms with E-state index in [9.17, 15) is 4.79 Å². The molecule has 11 nitrogen and oxygen atoms in total. The van der Waals surface area contributed by atoms with Gasteiger partial charge < -0.3 is 20.5 Å². The molecule has 0 saturated carbocycles. The average molecular weight is 445 g/mol. The van der Waals surface area contributed by atoms with Crippen molar-refractivity contribution in [3.8, 4) is 22.8 Å². The van der Waals surface area contributed by atoms with E-state index >= 15 is 0 Å². The summed E-state index contributed by atoms with van der Waals surface area (Å²) in [5.74, 6) is 1.32. The maximum absolute atomic E-state index is 12.3. The van der Waals surface area contributed by atoms with E-state index in [1.54, 1.807) is 41.0 Å². The van der Waals surface area contributed by atoms with Gasteiger partial charge >= 0.3 is 0 Å². The third-order valence-electron chi connectivity index (χ3n) is 5.51. The molecule has 1 aliphatic heterocycles. The first-order valence-corrected chi connectivity index (χ1v) is 10.6. The zero-order chi connectivity index (χ0) is 22.8. The van der Waals surface area contributed by atoms with Crippen molar-refractivity contribution in [3.63, 3.8) is 0 Å². The molecule has 5 rings (SSSR count). The minimum absolute atomic E-state index is 0.0523. The number of rotatable bonds is 7. The zero-order valence-electron chi connectivity index (χ0n) is 18.0. The van der Waals surface area contributed by atoms with E-state index < -0.39 is 0 Å². The lowest BCUT2D eigenvalue weighted by Crippen LogP contribution is -2.21. The number of carbonyl (C=O) groups excluding carboxylic acids is 1. The Labute approximate surface area is 189 Å². The number of nitrogen functional groups attached to an aromatic ring is 1. The number of likely N-dealkylation sites (N-methyl/N-ethyl adjacent to an activating group) is 1. The van der Waals surface area contributed by atoms with Crippen LogP contribution in [-0.4, -0.2) is 60.8 Å². The van der Waals surface area contributed by atoms with E-state index in [4.69, 9.17) is 15.2 Å². The summed E-state index contributed by atoms with van der Waals surface area (Å²) in [6.45, 7) is 1.94. The second-order valence-corrected chi connectivity index (χ2v) is 7.82. The highest BCUT2D eigenvalue weighted by atomic mass is 16.5. The van der Waals surface area contributed by atoms with E-state index in [1.165, 1.54) is 0 Å². The number of likely N-dealkylation sites (tertiary alicyclic amines) is 1. The predicted octanol–water partition coefficient (Wildman–Crippen LogP) is 2.03. The maximum atomic E-state index is 12.3. The van der Waals surface area contributed by atoms with E-state index in [1.807, 2.05) is 24.4 Å². The van der Waals surface area contributed by atoms with Crippen LogP contribution in [0, 0.1) is 0 Å². The molecular weight excluding hydrogens is 422 g/mol. The summed E-state index contributed by atoms with van der Waals surface area (Å²) in [7, 11) is 1.79. The lowest BCUT2D eigenvalue weighted by molar-refractivity contribution is -0.128. The molecule has 11 heteroatoms. The quantitative estimate of drug-likeness (QED) is 0.437. The highest BCUT2D eigenvalue weighted by Crippen LogP contribution is 2.30. The normalized spacial score (nSPS) is 15.8. The number of nitrogens with two attached hydrogens (primary N) is 1. The lowest BCUT2D eigenvalue weighted by atomic mass is 10.0. The Kier molecular flexibility index (Phi) is 5.43. The molecule has 0 spiro atoms. The monoisotopic (exact) mass is 445 g/mol. The van der Waals surface area contributed by atoms with Crippen LogP contribution in [-0.2, 0) is 11.3 Å². The molecule has 1 aliphatic rings. The van der Waals surface area contributed by atoms with Gasteiger partial charge in [0.2, 0.25) is 11.9 Å². The molecule has 168 valence electrons. The van der Waals surface area contributed by atoms with Crippen LogP contribution in [0.3, 0.4) is 0 Å². The van der Waals surface area contributed by atoms with Gasteiger partial charge in [0.15, 0.2) is 0 Å². The fourth-order valence-corrected chi connectivity index (χ4v) is 3.75. The molecule has 0 aliphatic carbocycles. The molecule has 1 saturated heterocycles. The first-order chi connectivity index (χ1) is 16.1. The van der Waals surface area contributed by atoms with Crippen molar-refractivity contribution < 1.29 is 9.32 Å². The van der Waals surface area contributed by atoms with Gasteiger partial charge in [0, 0.05) is 38.6 Å². The largest absolute Gasteiger partial charge is 0.382 e. The summed E-state index contributed by atoms with van der Waals surface area (Å²) in [5, 5.41) is 11.5. The smallest absolute Gasteiger partial charge is 0.233 e. The topological polar surface area (TPSA) is 141 Å². The van der Waals surface area contributed by atoms with Crippen molar-refractivity contribution in [1.29, 1.82) is 0 Å². The SMILES string of the molecule is CN1CC[C@@H](c2cc(-c3cccc(-c4ccnc(NCCn5ccc(N)n5)n4)n3)no2)C1=O. The zero-order valence-corrected chi connectivity index (χ0v) is 18.0. The summed E-state index contributed by atoms with van der Waals surface area (Å²) in [5.41, 5.74) is 8.22. The van der Waals surface area contributed by atoms with E-state index in [-0.39, 0.29) is 11.8 Å². The van der Waals surface area contributed by atoms with Gasteiger partial charge in [0.1, 0.15) is 23.2 Å². The maximum Gasteiger partial charge on any atom is 0.233 e. The van der Waals surface area contributed by atoms with Gasteiger partial charge in [-0.05, 0) is 30.7 Å². The summed E-state index contributed by atoms with van der Waals surface area (Å²) >= 11 is 0. The fraction of sp³-hybridized carbons (Fsp3) is 0.273. The van der Waals surface area contributed by atoms with Crippen LogP contribution < -0.4 is 11.1 Å². The molecular formula is C22H23N9O2. The van der Waals surface area contributed by atoms with Crippen LogP contribution >= 0.6 is 0 Å². The Morgan fingerprint density at radius 2 is 1.97 bits per heavy atom. The number of aromatic nitrogens is 6. The van der Waals surface area contributed by atoms with Crippen LogP contribution in [0.25, 0.3) is 22.8 Å². The first-order valence-electron chi connectivity index (χ1n) is 10.6. The Balaban J connectivity index is 1.30. The number of amides is 1. The Morgan fingerprint density at radius 1 is 1.15 bits per heavy atom. The first kappa shape index (κ1) is 20.6. The van der Waals surface area contributed by atoms with Crippen LogP contribution in [0.4, 0.5) is 11.8 Å². The second-order valence-electron chi connectivity index (χ2n) is 7.82. The van der Waals surface area contributed by atoms with Crippen molar-refractivity contribution in [2.75, 3.05) is 31.2 Å². The third-order valence-corrected chi connectivity index (χ3v) is 5.51. The standard InChI is InChI=1S/C22H23N9O2/c1-30-10-6-14(21(30)32)19-13-18(29-33-19)16-4-2-3-15(26-16)17-5-8-24-22(27-17)25-9-12-31-11-7-20(23)28-31/h2-5,7-8,11,13-14H,6,9-10,12H2,1H3,(H2,23,28)(H,24,25,27)/t14-/m0/s1. The predicted molar refractivity (Wildman–Crippen MR) is 121 cm³/mol. The van der Waals surface area contributed by atoms with E-state index in [0.717, 1.165) is 6.42 Å². The number of pyridine rings is 1. The van der Waals surface area contributed by atoms with E-state index in [2.05, 4.69) is 25.5 Å². The summed E-state index contributed by atoms with van der Waals surface area (Å²) < 4.78 is 7.23. The Bertz CT molecular complexity index is 1280. The molecule has 33 heavy (non-hydrogen) atoms. The summed E-state index contributed by atoms with van der Waals surface area (Å²) in [6.07, 6.45) is 4.23. The average Bonchev–Trinajstić information content (AvgIpc) is 3.56. The van der Waals surface area contributed by atoms with Crippen LogP contribution in [0.15, 0.2) is 53.3 Å². The van der Waals surface area contributed by atoms with Crippen LogP contribution in [0.5, 0.6) is 0 Å². The van der Waals surface area contributed by atoms with Crippen LogP contribution in [0.1, 0.15) is 18.1 Å². The Hall–Kier alpha value is -4.28. The number of hydrogen-bond donors (Lipinski definition) is 2. The van der Waals surface area contributed by atoms with E-state index in [0.29, 0.717) is 59.9 Å². The van der Waals surface area contributed by atoms with Gasteiger partial charge in [0.25, 0.3) is 0 Å². The van der Waals surface area contributed by atoms with Gasteiger partial charge in [0.05, 0.1) is 23.6 Å². The molecule has 5 heterocycles. The minimum Gasteiger partial charge on any atom is -0.382 e. The van der Waals surface area contributed by atoms with Crippen molar-refractivity contribution in [1.82, 2.24) is 34.8 Å². The summed E-state index contributed by atoms with van der Waals surface area (Å²) in [4.78, 5) is 27.5. The highest BCUT2D eigenvalue weighted by molar-refractivity contribution is 5.85. The number of hydrogen-bond acceptors (Lipinski definition) is 9. The van der Waals surface area contributed by atoms with Gasteiger partial charge in [-0.2, -0.15) is 5.10 Å². The molecule has 0 aromatic carbocycles. The van der Waals surface area contributed by atoms with Crippen molar-refractivity contribution in [2.24, 2.45) is 0 Å². The molecule has 0 unspecified atom stereocenters. The van der Waals surface area contributed by atoms with Gasteiger partial charge in [-0.25, -0.2) is 15.0 Å². The van der Waals surface area contributed by atoms with Gasteiger partial charge in [-0.3, -0.25) is 9.48 Å². The molecule has 0 bridgehead atoms. The Morgan fingerprint density at radius 3 is 2.73 bits per heavy atom. The fourth-order valence-electron chi connectivity index (χ4n) is 3.75. The molecule has 4 aromatic rings. The van der Waals surface area contributed by atoms with Gasteiger partial charge in [-0.1, -0.05) is 11.2 Å². The number of nitrogens with one attached hydrogen (secondary N) is 1. The summed E-state index contributed by atoms with van der Waals surface area (Å²) in [6, 6.07) is 11.0. The van der Waals surface area contributed by atoms with Crippen molar-refractivity contribution in [3.05, 3.63) is 54.6 Å². The lowest BCUT2D eigenvalue weighted by Gasteiger charge is -2.07.